The van der Waals surface area contributed by atoms with Crippen molar-refractivity contribution < 1.29 is 24.3 Å². The van der Waals surface area contributed by atoms with E-state index in [1.807, 2.05) is 11.0 Å². The third-order valence-electron chi connectivity index (χ3n) is 6.63. The molecular weight excluding hydrogens is 462 g/mol. The van der Waals surface area contributed by atoms with Gasteiger partial charge in [0.05, 0.1) is 13.7 Å². The summed E-state index contributed by atoms with van der Waals surface area (Å²) in [4.78, 5) is 41.4. The van der Waals surface area contributed by atoms with Gasteiger partial charge in [-0.25, -0.2) is 4.79 Å². The molecule has 5 rings (SSSR count). The summed E-state index contributed by atoms with van der Waals surface area (Å²) in [5, 5.41) is 17.8. The highest BCUT2D eigenvalue weighted by Crippen LogP contribution is 2.28. The van der Waals surface area contributed by atoms with Crippen molar-refractivity contribution in [3.63, 3.8) is 0 Å². The molecule has 0 spiro atoms. The average molecular weight is 488 g/mol. The first-order chi connectivity index (χ1) is 17.4. The minimum atomic E-state index is -1.59. The molecule has 0 saturated carbocycles. The summed E-state index contributed by atoms with van der Waals surface area (Å²) in [7, 11) is 1.53. The lowest BCUT2D eigenvalue weighted by molar-refractivity contribution is -0.122. The van der Waals surface area contributed by atoms with Gasteiger partial charge in [-0.3, -0.25) is 14.9 Å². The molecule has 0 aliphatic carbocycles. The van der Waals surface area contributed by atoms with Crippen LogP contribution in [0.15, 0.2) is 47.6 Å². The number of oxime groups is 1. The highest BCUT2D eigenvalue weighted by Gasteiger charge is 2.48. The molecule has 0 radical (unpaired) electrons. The molecule has 0 aromatic heterocycles. The zero-order chi connectivity index (χ0) is 25.3. The van der Waals surface area contributed by atoms with Crippen LogP contribution >= 0.6 is 0 Å². The predicted molar refractivity (Wildman–Crippen MR) is 130 cm³/mol. The van der Waals surface area contributed by atoms with Crippen molar-refractivity contribution in [3.8, 4) is 17.6 Å². The second-order valence-corrected chi connectivity index (χ2v) is 8.94. The Bertz CT molecular complexity index is 1320. The van der Waals surface area contributed by atoms with E-state index >= 15 is 0 Å². The first-order valence-electron chi connectivity index (χ1n) is 11.6. The van der Waals surface area contributed by atoms with Crippen molar-refractivity contribution >= 4 is 23.7 Å². The fourth-order valence-electron chi connectivity index (χ4n) is 4.73. The fraction of sp³-hybridized carbons (Fsp3) is 0.308. The van der Waals surface area contributed by atoms with Gasteiger partial charge in [-0.1, -0.05) is 23.1 Å². The van der Waals surface area contributed by atoms with Gasteiger partial charge in [0, 0.05) is 36.3 Å². The van der Waals surface area contributed by atoms with Crippen molar-refractivity contribution in [3.05, 3.63) is 64.7 Å². The van der Waals surface area contributed by atoms with Gasteiger partial charge in [-0.15, -0.1) is 0 Å². The predicted octanol–water partition coefficient (Wildman–Crippen LogP) is 1.51. The van der Waals surface area contributed by atoms with Gasteiger partial charge in [-0.2, -0.15) is 0 Å². The first kappa shape index (κ1) is 23.2. The van der Waals surface area contributed by atoms with Crippen molar-refractivity contribution in [2.45, 2.75) is 24.9 Å². The summed E-state index contributed by atoms with van der Waals surface area (Å²) in [5.74, 6) is 6.06. The molecule has 10 nitrogen and oxygen atoms in total. The van der Waals surface area contributed by atoms with Gasteiger partial charge in [0.15, 0.2) is 5.84 Å². The third-order valence-corrected chi connectivity index (χ3v) is 6.63. The summed E-state index contributed by atoms with van der Waals surface area (Å²) in [6, 6.07) is 11.7. The number of carbonyl (C=O) groups is 3. The Morgan fingerprint density at radius 1 is 1.14 bits per heavy atom. The maximum absolute atomic E-state index is 13.0. The Morgan fingerprint density at radius 3 is 2.53 bits per heavy atom. The molecule has 36 heavy (non-hydrogen) atoms. The number of likely N-dealkylation sites (tertiary alicyclic amines) is 1. The zero-order valence-electron chi connectivity index (χ0n) is 19.7. The lowest BCUT2D eigenvalue weighted by atomic mass is 9.99. The van der Waals surface area contributed by atoms with Crippen molar-refractivity contribution in [1.82, 2.24) is 20.4 Å². The van der Waals surface area contributed by atoms with E-state index in [0.29, 0.717) is 29.3 Å². The molecule has 3 aliphatic rings. The van der Waals surface area contributed by atoms with Crippen LogP contribution in [-0.4, -0.2) is 71.0 Å². The number of benzene rings is 2. The Balaban J connectivity index is 1.38. The Labute approximate surface area is 207 Å². The number of amidine groups is 1. The number of amides is 4. The summed E-state index contributed by atoms with van der Waals surface area (Å²) in [5.41, 5.74) is 1.07. The minimum absolute atomic E-state index is 0.109. The molecule has 0 bridgehead atoms. The number of imide groups is 1. The van der Waals surface area contributed by atoms with Gasteiger partial charge < -0.3 is 25.1 Å². The van der Waals surface area contributed by atoms with Gasteiger partial charge in [0.2, 0.25) is 5.54 Å². The number of hydrogen-bond acceptors (Lipinski definition) is 6. The molecular formula is C26H25N5O5. The largest absolute Gasteiger partial charge is 0.497 e. The number of urea groups is 1. The van der Waals surface area contributed by atoms with E-state index in [2.05, 4.69) is 27.6 Å². The van der Waals surface area contributed by atoms with Crippen molar-refractivity contribution in [2.24, 2.45) is 5.16 Å². The van der Waals surface area contributed by atoms with E-state index in [-0.39, 0.29) is 12.5 Å². The van der Waals surface area contributed by atoms with Crippen molar-refractivity contribution in [2.75, 3.05) is 26.7 Å². The van der Waals surface area contributed by atoms with Crippen LogP contribution in [0.3, 0.4) is 0 Å². The van der Waals surface area contributed by atoms with E-state index in [9.17, 15) is 19.6 Å². The maximum atomic E-state index is 13.0. The highest BCUT2D eigenvalue weighted by molar-refractivity contribution is 6.10. The fourth-order valence-corrected chi connectivity index (χ4v) is 4.73. The van der Waals surface area contributed by atoms with Gasteiger partial charge in [0.1, 0.15) is 5.75 Å². The first-order valence-corrected chi connectivity index (χ1v) is 11.6. The molecule has 3 N–H and O–H groups in total. The number of carbonyl (C=O) groups excluding carboxylic acids is 3. The molecule has 184 valence electrons. The number of fused-ring (bicyclic) bond motifs is 1. The molecule has 1 atom stereocenters. The average Bonchev–Trinajstić information content (AvgIpc) is 3.58. The van der Waals surface area contributed by atoms with Gasteiger partial charge >= 0.3 is 6.03 Å². The number of nitrogens with one attached hydrogen (secondary N) is 2. The minimum Gasteiger partial charge on any atom is -0.497 e. The number of hydrogen-bond donors (Lipinski definition) is 3. The van der Waals surface area contributed by atoms with Crippen molar-refractivity contribution in [1.29, 1.82) is 0 Å². The van der Waals surface area contributed by atoms with Crippen LogP contribution in [0.2, 0.25) is 0 Å². The number of methoxy groups -OCH3 is 1. The Hall–Kier alpha value is -4.52. The Kier molecular flexibility index (Phi) is 5.98. The quantitative estimate of drug-likeness (QED) is 0.150. The molecule has 4 amide bonds. The molecule has 3 heterocycles. The second-order valence-electron chi connectivity index (χ2n) is 8.94. The smallest absolute Gasteiger partial charge is 0.323 e. The zero-order valence-corrected chi connectivity index (χ0v) is 19.7. The summed E-state index contributed by atoms with van der Waals surface area (Å²) in [6.45, 7) is 1.86. The number of ether oxygens (including phenoxy) is 1. The number of rotatable bonds is 4. The highest BCUT2D eigenvalue weighted by atomic mass is 16.5. The molecule has 2 aromatic carbocycles. The normalized spacial score (nSPS) is 21.1. The van der Waals surface area contributed by atoms with Gasteiger partial charge in [0.25, 0.3) is 11.8 Å². The van der Waals surface area contributed by atoms with Crippen LogP contribution in [0.25, 0.3) is 0 Å². The van der Waals surface area contributed by atoms with E-state index in [0.717, 1.165) is 37.1 Å². The van der Waals surface area contributed by atoms with Crippen LogP contribution in [0, 0.1) is 11.8 Å². The molecule has 3 aliphatic heterocycles. The van der Waals surface area contributed by atoms with Crippen LogP contribution in [0.1, 0.15) is 39.9 Å². The molecule has 10 heteroatoms. The molecule has 2 aromatic rings. The summed E-state index contributed by atoms with van der Waals surface area (Å²) >= 11 is 0. The second kappa shape index (κ2) is 9.26. The van der Waals surface area contributed by atoms with Crippen LogP contribution < -0.4 is 15.4 Å². The molecule has 2 fully saturated rings. The van der Waals surface area contributed by atoms with Crippen LogP contribution in [0.4, 0.5) is 4.79 Å². The monoisotopic (exact) mass is 487 g/mol. The van der Waals surface area contributed by atoms with E-state index in [1.165, 1.54) is 12.0 Å². The van der Waals surface area contributed by atoms with E-state index < -0.39 is 17.5 Å². The lowest BCUT2D eigenvalue weighted by Gasteiger charge is -2.26. The lowest BCUT2D eigenvalue weighted by Crippen LogP contribution is -2.54. The SMILES string of the molecule is COc1ccc2c(c1)C(=O)N(C[C@@]1(C#Cc3ccc(/C(=N\O)N4CCCC4)cc3)NC(=O)NC1=O)C2. The van der Waals surface area contributed by atoms with Gasteiger partial charge in [-0.05, 0) is 54.8 Å². The van der Waals surface area contributed by atoms with Crippen LogP contribution in [-0.2, 0) is 11.3 Å². The summed E-state index contributed by atoms with van der Waals surface area (Å²) in [6.07, 6.45) is 2.10. The standard InChI is InChI=1S/C26H25N5O5/c1-36-20-9-8-19-15-31(23(32)21(19)14-20)16-26(24(33)27-25(34)28-26)11-10-17-4-6-18(7-5-17)22(29-35)30-12-2-3-13-30/h4-9,14,35H,2-3,12-13,15-16H2,1H3,(H2,27,28,33,34)/b29-22+/t26-/m1/s1. The third kappa shape index (κ3) is 4.20. The summed E-state index contributed by atoms with van der Waals surface area (Å²) < 4.78 is 5.22. The number of nitrogens with zero attached hydrogens (tertiary/aromatic N) is 3. The van der Waals surface area contributed by atoms with E-state index in [1.54, 1.807) is 36.4 Å². The molecule has 2 saturated heterocycles. The molecule has 0 unspecified atom stereocenters. The topological polar surface area (TPSA) is 124 Å². The Morgan fingerprint density at radius 2 is 1.89 bits per heavy atom. The van der Waals surface area contributed by atoms with E-state index in [4.69, 9.17) is 4.74 Å². The van der Waals surface area contributed by atoms with Crippen LogP contribution in [0.5, 0.6) is 5.75 Å². The maximum Gasteiger partial charge on any atom is 0.323 e.